The number of alkyl halides is 3. The first-order valence-electron chi connectivity index (χ1n) is 7.67. The number of anilines is 2. The minimum Gasteiger partial charge on any atom is -0.337 e. The Hall–Kier alpha value is -2.75. The van der Waals surface area contributed by atoms with Crippen LogP contribution in [0.15, 0.2) is 66.7 Å². The Balaban J connectivity index is 1.84. The molecule has 1 nitrogen and oxygen atoms in total. The second-order valence-corrected chi connectivity index (χ2v) is 5.78. The van der Waals surface area contributed by atoms with Gasteiger partial charge in [-0.2, -0.15) is 13.2 Å². The molecule has 0 aromatic heterocycles. The highest BCUT2D eigenvalue weighted by Crippen LogP contribution is 2.39. The van der Waals surface area contributed by atoms with Crippen LogP contribution in [0.5, 0.6) is 0 Å². The number of hydrogen-bond donors (Lipinski definition) is 0. The molecule has 0 bridgehead atoms. The van der Waals surface area contributed by atoms with E-state index in [9.17, 15) is 13.2 Å². The molecule has 0 saturated carbocycles. The van der Waals surface area contributed by atoms with Crippen molar-refractivity contribution in [2.75, 3.05) is 11.4 Å². The third kappa shape index (κ3) is 2.44. The van der Waals surface area contributed by atoms with Crippen molar-refractivity contribution in [1.82, 2.24) is 0 Å². The van der Waals surface area contributed by atoms with E-state index in [-0.39, 0.29) is 0 Å². The van der Waals surface area contributed by atoms with Crippen LogP contribution in [0, 0.1) is 0 Å². The van der Waals surface area contributed by atoms with Gasteiger partial charge in [0.1, 0.15) is 0 Å². The van der Waals surface area contributed by atoms with Gasteiger partial charge in [0.25, 0.3) is 0 Å². The van der Waals surface area contributed by atoms with Gasteiger partial charge in [-0.1, -0.05) is 48.6 Å². The lowest BCUT2D eigenvalue weighted by molar-refractivity contribution is -0.137. The molecule has 4 heteroatoms. The number of fused-ring (bicyclic) bond motifs is 3. The van der Waals surface area contributed by atoms with Gasteiger partial charge < -0.3 is 4.90 Å². The van der Waals surface area contributed by atoms with E-state index in [1.165, 1.54) is 12.1 Å². The number of halogens is 3. The maximum Gasteiger partial charge on any atom is 0.416 e. The van der Waals surface area contributed by atoms with Crippen molar-refractivity contribution in [1.29, 1.82) is 0 Å². The lowest BCUT2D eigenvalue weighted by atomic mass is 9.99. The van der Waals surface area contributed by atoms with Crippen molar-refractivity contribution < 1.29 is 13.2 Å². The summed E-state index contributed by atoms with van der Waals surface area (Å²) >= 11 is 0. The standard InChI is InChI=1S/C20H14F3N/c21-20(22,23)16-9-11-17(12-10-16)24-13-3-5-15-8-7-14-4-1-2-6-18(14)19(15)24/h1-12H,13H2. The second-order valence-electron chi connectivity index (χ2n) is 5.78. The van der Waals surface area contributed by atoms with Crippen LogP contribution in [0.2, 0.25) is 0 Å². The van der Waals surface area contributed by atoms with Gasteiger partial charge in [0.05, 0.1) is 11.3 Å². The van der Waals surface area contributed by atoms with E-state index >= 15 is 0 Å². The van der Waals surface area contributed by atoms with Crippen molar-refractivity contribution in [2.24, 2.45) is 0 Å². The first-order chi connectivity index (χ1) is 11.5. The monoisotopic (exact) mass is 325 g/mol. The van der Waals surface area contributed by atoms with E-state index < -0.39 is 11.7 Å². The summed E-state index contributed by atoms with van der Waals surface area (Å²) in [5, 5.41) is 2.21. The normalized spacial score (nSPS) is 14.0. The van der Waals surface area contributed by atoms with E-state index in [1.54, 1.807) is 0 Å². The number of rotatable bonds is 1. The minimum absolute atomic E-state index is 0.628. The summed E-state index contributed by atoms with van der Waals surface area (Å²) in [6, 6.07) is 17.5. The lowest BCUT2D eigenvalue weighted by Crippen LogP contribution is -2.20. The second kappa shape index (κ2) is 5.41. The Morgan fingerprint density at radius 2 is 1.58 bits per heavy atom. The fourth-order valence-electron chi connectivity index (χ4n) is 3.15. The molecule has 1 aliphatic heterocycles. The summed E-state index contributed by atoms with van der Waals surface area (Å²) < 4.78 is 38.4. The van der Waals surface area contributed by atoms with Crippen molar-refractivity contribution >= 4 is 28.2 Å². The summed E-state index contributed by atoms with van der Waals surface area (Å²) in [6.07, 6.45) is -0.234. The molecule has 0 amide bonds. The number of nitrogens with zero attached hydrogens (tertiary/aromatic N) is 1. The fourth-order valence-corrected chi connectivity index (χ4v) is 3.15. The van der Waals surface area contributed by atoms with E-state index in [4.69, 9.17) is 0 Å². The molecule has 0 atom stereocenters. The minimum atomic E-state index is -4.31. The predicted molar refractivity (Wildman–Crippen MR) is 91.4 cm³/mol. The highest BCUT2D eigenvalue weighted by molar-refractivity contribution is 6.01. The zero-order valence-corrected chi connectivity index (χ0v) is 12.7. The molecule has 1 aliphatic rings. The Morgan fingerprint density at radius 3 is 2.33 bits per heavy atom. The maximum atomic E-state index is 12.8. The Kier molecular flexibility index (Phi) is 3.34. The molecule has 24 heavy (non-hydrogen) atoms. The highest BCUT2D eigenvalue weighted by atomic mass is 19.4. The zero-order chi connectivity index (χ0) is 16.7. The maximum absolute atomic E-state index is 12.8. The largest absolute Gasteiger partial charge is 0.416 e. The Morgan fingerprint density at radius 1 is 0.833 bits per heavy atom. The molecule has 0 radical (unpaired) electrons. The molecule has 0 N–H and O–H groups in total. The van der Waals surface area contributed by atoms with Gasteiger partial charge in [0, 0.05) is 17.6 Å². The molecule has 0 spiro atoms. The summed E-state index contributed by atoms with van der Waals surface area (Å²) in [7, 11) is 0. The molecule has 0 aliphatic carbocycles. The molecule has 0 fully saturated rings. The molecule has 120 valence electrons. The third-order valence-electron chi connectivity index (χ3n) is 4.29. The van der Waals surface area contributed by atoms with Gasteiger partial charge in [-0.25, -0.2) is 0 Å². The lowest BCUT2D eigenvalue weighted by Gasteiger charge is -2.30. The molecule has 0 saturated heterocycles. The van der Waals surface area contributed by atoms with E-state index in [0.29, 0.717) is 6.54 Å². The molecule has 3 aromatic carbocycles. The molecular formula is C20H14F3N. The summed E-state index contributed by atoms with van der Waals surface area (Å²) in [6.45, 7) is 0.631. The number of benzene rings is 3. The van der Waals surface area contributed by atoms with Gasteiger partial charge in [-0.15, -0.1) is 0 Å². The van der Waals surface area contributed by atoms with Crippen LogP contribution in [0.4, 0.5) is 24.5 Å². The van der Waals surface area contributed by atoms with Crippen LogP contribution in [-0.2, 0) is 6.18 Å². The van der Waals surface area contributed by atoms with Gasteiger partial charge in [-0.3, -0.25) is 0 Å². The smallest absolute Gasteiger partial charge is 0.337 e. The van der Waals surface area contributed by atoms with Crippen molar-refractivity contribution in [3.8, 4) is 0 Å². The van der Waals surface area contributed by atoms with Gasteiger partial charge in [0.2, 0.25) is 0 Å². The van der Waals surface area contributed by atoms with Crippen molar-refractivity contribution in [3.05, 3.63) is 77.9 Å². The SMILES string of the molecule is FC(F)(F)c1ccc(N2CC=Cc3ccc4ccccc4c32)cc1. The number of hydrogen-bond acceptors (Lipinski definition) is 1. The van der Waals surface area contributed by atoms with E-state index in [1.807, 2.05) is 36.4 Å². The summed E-state index contributed by atoms with van der Waals surface area (Å²) in [5.74, 6) is 0. The van der Waals surface area contributed by atoms with Gasteiger partial charge >= 0.3 is 6.18 Å². The average molecular weight is 325 g/mol. The van der Waals surface area contributed by atoms with Crippen LogP contribution in [-0.4, -0.2) is 6.54 Å². The van der Waals surface area contributed by atoms with Crippen LogP contribution in [0.25, 0.3) is 16.8 Å². The topological polar surface area (TPSA) is 3.24 Å². The summed E-state index contributed by atoms with van der Waals surface area (Å²) in [4.78, 5) is 2.05. The average Bonchev–Trinajstić information content (AvgIpc) is 2.60. The molecule has 3 aromatic rings. The molecule has 4 rings (SSSR count). The van der Waals surface area contributed by atoms with Gasteiger partial charge in [0.15, 0.2) is 0 Å². The summed E-state index contributed by atoms with van der Waals surface area (Å²) in [5.41, 5.74) is 2.23. The van der Waals surface area contributed by atoms with E-state index in [0.717, 1.165) is 39.8 Å². The molecule has 0 unspecified atom stereocenters. The van der Waals surface area contributed by atoms with Crippen molar-refractivity contribution in [2.45, 2.75) is 6.18 Å². The Labute approximate surface area is 137 Å². The van der Waals surface area contributed by atoms with E-state index in [2.05, 4.69) is 17.0 Å². The Bertz CT molecular complexity index is 924. The highest BCUT2D eigenvalue weighted by Gasteiger charge is 2.30. The van der Waals surface area contributed by atoms with Crippen LogP contribution in [0.1, 0.15) is 11.1 Å². The van der Waals surface area contributed by atoms with Crippen LogP contribution >= 0.6 is 0 Å². The first kappa shape index (κ1) is 14.8. The van der Waals surface area contributed by atoms with Crippen molar-refractivity contribution in [3.63, 3.8) is 0 Å². The predicted octanol–water partition coefficient (Wildman–Crippen LogP) is 6.02. The zero-order valence-electron chi connectivity index (χ0n) is 12.7. The van der Waals surface area contributed by atoms with Crippen LogP contribution in [0.3, 0.4) is 0 Å². The molecule has 1 heterocycles. The van der Waals surface area contributed by atoms with Gasteiger partial charge in [-0.05, 0) is 35.2 Å². The third-order valence-corrected chi connectivity index (χ3v) is 4.29. The molecular weight excluding hydrogens is 311 g/mol. The van der Waals surface area contributed by atoms with Crippen LogP contribution < -0.4 is 4.90 Å². The fraction of sp³-hybridized carbons (Fsp3) is 0.100. The quantitative estimate of drug-likeness (QED) is 0.528. The first-order valence-corrected chi connectivity index (χ1v) is 7.67.